The number of likely N-dealkylation sites (tertiary alicyclic amines) is 1. The number of hydrogen-bond donors (Lipinski definition) is 3. The zero-order valence-corrected chi connectivity index (χ0v) is 18.4. The molecule has 2 bridgehead atoms. The van der Waals surface area contributed by atoms with Crippen LogP contribution >= 0.6 is 0 Å². The Morgan fingerprint density at radius 2 is 1.72 bits per heavy atom. The van der Waals surface area contributed by atoms with E-state index in [0.29, 0.717) is 6.04 Å². The summed E-state index contributed by atoms with van der Waals surface area (Å²) in [5.74, 6) is -1.75. The standard InChI is InChI=1S/C21H33N3O.C2HF3O2/c1-2-12-24(11-1)13-14-25-21-7-3-17(4-8-21)9-10-22-20-15-18-5-6-19(16-20)23-18;3-2(4,5)1(6)7/h3-4,7-8,18-20,22-23H,1-2,5-6,9-16H2;(H,6,7). The van der Waals surface area contributed by atoms with Crippen LogP contribution in [-0.2, 0) is 11.2 Å². The van der Waals surface area contributed by atoms with Crippen molar-refractivity contribution in [1.82, 2.24) is 15.5 Å². The molecule has 0 aliphatic carbocycles. The Labute approximate surface area is 187 Å². The fourth-order valence-electron chi connectivity index (χ4n) is 4.70. The maximum atomic E-state index is 10.6. The van der Waals surface area contributed by atoms with E-state index in [2.05, 4.69) is 39.8 Å². The monoisotopic (exact) mass is 457 g/mol. The second-order valence-corrected chi connectivity index (χ2v) is 8.85. The lowest BCUT2D eigenvalue weighted by atomic mass is 9.99. The van der Waals surface area contributed by atoms with Gasteiger partial charge in [0.05, 0.1) is 0 Å². The highest BCUT2D eigenvalue weighted by Gasteiger charge is 2.38. The van der Waals surface area contributed by atoms with Gasteiger partial charge in [-0.05, 0) is 82.3 Å². The van der Waals surface area contributed by atoms with E-state index in [0.717, 1.165) is 44.0 Å². The fraction of sp³-hybridized carbons (Fsp3) is 0.696. The van der Waals surface area contributed by atoms with E-state index in [-0.39, 0.29) is 0 Å². The molecular weight excluding hydrogens is 423 g/mol. The summed E-state index contributed by atoms with van der Waals surface area (Å²) in [5.41, 5.74) is 1.40. The maximum Gasteiger partial charge on any atom is 0.490 e. The van der Waals surface area contributed by atoms with Crippen LogP contribution in [-0.4, -0.2) is 73.1 Å². The molecule has 6 nitrogen and oxygen atoms in total. The molecule has 3 N–H and O–H groups in total. The predicted molar refractivity (Wildman–Crippen MR) is 116 cm³/mol. The number of hydrogen-bond acceptors (Lipinski definition) is 5. The minimum atomic E-state index is -5.08. The third kappa shape index (κ3) is 8.26. The largest absolute Gasteiger partial charge is 0.492 e. The van der Waals surface area contributed by atoms with Gasteiger partial charge in [-0.2, -0.15) is 13.2 Å². The van der Waals surface area contributed by atoms with Crippen molar-refractivity contribution in [3.8, 4) is 5.75 Å². The number of carboxylic acids is 1. The second kappa shape index (κ2) is 11.9. The minimum absolute atomic E-state index is 0.715. The summed E-state index contributed by atoms with van der Waals surface area (Å²) in [7, 11) is 0. The van der Waals surface area contributed by atoms with Gasteiger partial charge in [-0.25, -0.2) is 4.79 Å². The summed E-state index contributed by atoms with van der Waals surface area (Å²) in [6.45, 7) is 5.43. The van der Waals surface area contributed by atoms with Gasteiger partial charge in [0, 0.05) is 24.7 Å². The summed E-state index contributed by atoms with van der Waals surface area (Å²) < 4.78 is 37.6. The molecule has 9 heteroatoms. The number of alkyl halides is 3. The highest BCUT2D eigenvalue weighted by Crippen LogP contribution is 2.26. The van der Waals surface area contributed by atoms with Crippen LogP contribution in [0.3, 0.4) is 0 Å². The molecule has 0 saturated carbocycles. The number of nitrogens with zero attached hydrogens (tertiary/aromatic N) is 1. The molecule has 0 spiro atoms. The van der Waals surface area contributed by atoms with Crippen LogP contribution in [0.1, 0.15) is 44.1 Å². The molecule has 1 aromatic rings. The van der Waals surface area contributed by atoms with Crippen molar-refractivity contribution in [3.63, 3.8) is 0 Å². The Morgan fingerprint density at radius 3 is 2.28 bits per heavy atom. The van der Waals surface area contributed by atoms with Crippen molar-refractivity contribution in [2.45, 2.75) is 69.2 Å². The SMILES string of the molecule is O=C(O)C(F)(F)F.c1cc(OCCN2CCCC2)ccc1CCNC1CC2CCC(C1)N2. The number of benzene rings is 1. The van der Waals surface area contributed by atoms with Gasteiger partial charge in [0.1, 0.15) is 12.4 Å². The number of rotatable bonds is 8. The van der Waals surface area contributed by atoms with Crippen molar-refractivity contribution in [2.75, 3.05) is 32.8 Å². The van der Waals surface area contributed by atoms with Gasteiger partial charge in [-0.3, -0.25) is 4.90 Å². The van der Waals surface area contributed by atoms with Gasteiger partial charge >= 0.3 is 12.1 Å². The van der Waals surface area contributed by atoms with Gasteiger partial charge in [-0.15, -0.1) is 0 Å². The zero-order valence-electron chi connectivity index (χ0n) is 18.4. The number of aliphatic carboxylic acids is 1. The first-order chi connectivity index (χ1) is 15.3. The summed E-state index contributed by atoms with van der Waals surface area (Å²) in [6, 6.07) is 11.0. The van der Waals surface area contributed by atoms with Crippen LogP contribution in [0, 0.1) is 0 Å². The normalized spacial score (nSPS) is 25.3. The lowest BCUT2D eigenvalue weighted by Gasteiger charge is -2.29. The molecule has 4 rings (SSSR count). The van der Waals surface area contributed by atoms with Gasteiger partial charge in [0.2, 0.25) is 0 Å². The van der Waals surface area contributed by atoms with Crippen LogP contribution in [0.25, 0.3) is 0 Å². The number of ether oxygens (including phenoxy) is 1. The topological polar surface area (TPSA) is 73.8 Å². The smallest absolute Gasteiger partial charge is 0.490 e. The molecule has 3 aliphatic heterocycles. The molecule has 3 aliphatic rings. The highest BCUT2D eigenvalue weighted by atomic mass is 19.4. The Kier molecular flexibility index (Phi) is 9.19. The number of fused-ring (bicyclic) bond motifs is 2. The van der Waals surface area contributed by atoms with E-state index in [4.69, 9.17) is 14.6 Å². The van der Waals surface area contributed by atoms with Gasteiger partial charge in [0.25, 0.3) is 0 Å². The lowest BCUT2D eigenvalue weighted by molar-refractivity contribution is -0.192. The van der Waals surface area contributed by atoms with Gasteiger partial charge < -0.3 is 20.5 Å². The first-order valence-electron chi connectivity index (χ1n) is 11.5. The molecule has 32 heavy (non-hydrogen) atoms. The Balaban J connectivity index is 0.000000360. The maximum absolute atomic E-state index is 10.6. The van der Waals surface area contributed by atoms with E-state index >= 15 is 0 Å². The molecule has 0 amide bonds. The van der Waals surface area contributed by atoms with E-state index in [1.54, 1.807) is 0 Å². The van der Waals surface area contributed by atoms with Crippen molar-refractivity contribution in [1.29, 1.82) is 0 Å². The minimum Gasteiger partial charge on any atom is -0.492 e. The van der Waals surface area contributed by atoms with E-state index in [9.17, 15) is 13.2 Å². The number of halogens is 3. The Morgan fingerprint density at radius 1 is 1.12 bits per heavy atom. The molecule has 0 aromatic heterocycles. The molecule has 180 valence electrons. The number of carbonyl (C=O) groups is 1. The quantitative estimate of drug-likeness (QED) is 0.557. The van der Waals surface area contributed by atoms with E-state index < -0.39 is 12.1 Å². The number of nitrogens with one attached hydrogen (secondary N) is 2. The van der Waals surface area contributed by atoms with Crippen LogP contribution in [0.2, 0.25) is 0 Å². The molecule has 3 fully saturated rings. The molecular formula is C23H34F3N3O3. The fourth-order valence-corrected chi connectivity index (χ4v) is 4.70. The van der Waals surface area contributed by atoms with Crippen molar-refractivity contribution < 1.29 is 27.8 Å². The summed E-state index contributed by atoms with van der Waals surface area (Å²) >= 11 is 0. The molecule has 1 aromatic carbocycles. The predicted octanol–water partition coefficient (Wildman–Crippen LogP) is 3.21. The summed E-state index contributed by atoms with van der Waals surface area (Å²) in [5, 5.41) is 14.6. The number of piperidine rings is 1. The van der Waals surface area contributed by atoms with Crippen molar-refractivity contribution >= 4 is 5.97 Å². The molecule has 2 unspecified atom stereocenters. The van der Waals surface area contributed by atoms with Gasteiger partial charge in [-0.1, -0.05) is 12.1 Å². The highest BCUT2D eigenvalue weighted by molar-refractivity contribution is 5.73. The van der Waals surface area contributed by atoms with Gasteiger partial charge in [0.15, 0.2) is 0 Å². The molecule has 2 atom stereocenters. The first-order valence-corrected chi connectivity index (χ1v) is 11.5. The average Bonchev–Trinajstić information content (AvgIpc) is 3.38. The molecule has 3 heterocycles. The van der Waals surface area contributed by atoms with Crippen LogP contribution in [0.4, 0.5) is 13.2 Å². The Bertz CT molecular complexity index is 697. The zero-order chi connectivity index (χ0) is 23.0. The Hall–Kier alpha value is -1.84. The second-order valence-electron chi connectivity index (χ2n) is 8.85. The lowest BCUT2D eigenvalue weighted by Crippen LogP contribution is -2.46. The average molecular weight is 458 g/mol. The van der Waals surface area contributed by atoms with E-state index in [1.165, 1.54) is 57.2 Å². The third-order valence-electron chi connectivity index (χ3n) is 6.36. The summed E-state index contributed by atoms with van der Waals surface area (Å²) in [4.78, 5) is 11.4. The van der Waals surface area contributed by atoms with Crippen LogP contribution < -0.4 is 15.4 Å². The number of carboxylic acid groups (broad SMARTS) is 1. The first kappa shape index (κ1) is 24.8. The van der Waals surface area contributed by atoms with Crippen molar-refractivity contribution in [3.05, 3.63) is 29.8 Å². The third-order valence-corrected chi connectivity index (χ3v) is 6.36. The summed E-state index contributed by atoms with van der Waals surface area (Å²) in [6.07, 6.45) is 4.08. The molecule has 0 radical (unpaired) electrons. The van der Waals surface area contributed by atoms with E-state index in [1.807, 2.05) is 0 Å². The molecule has 3 saturated heterocycles. The van der Waals surface area contributed by atoms with Crippen LogP contribution in [0.15, 0.2) is 24.3 Å². The van der Waals surface area contributed by atoms with Crippen LogP contribution in [0.5, 0.6) is 5.75 Å². The van der Waals surface area contributed by atoms with Crippen molar-refractivity contribution in [2.24, 2.45) is 0 Å².